The largest absolute Gasteiger partial charge is 0.311 e. The lowest BCUT2D eigenvalue weighted by Crippen LogP contribution is -2.65. The Balaban J connectivity index is 1.53. The van der Waals surface area contributed by atoms with E-state index < -0.39 is 0 Å². The van der Waals surface area contributed by atoms with Crippen molar-refractivity contribution >= 4 is 27.3 Å². The van der Waals surface area contributed by atoms with Crippen LogP contribution in [0.5, 0.6) is 0 Å². The van der Waals surface area contributed by atoms with Crippen molar-refractivity contribution in [3.05, 3.63) is 20.8 Å². The summed E-state index contributed by atoms with van der Waals surface area (Å²) in [6.45, 7) is 3.64. The van der Waals surface area contributed by atoms with Gasteiger partial charge in [0.05, 0.1) is 0 Å². The number of nitrogens with one attached hydrogen (secondary N) is 1. The first-order valence-corrected chi connectivity index (χ1v) is 10.1. The van der Waals surface area contributed by atoms with E-state index >= 15 is 0 Å². The van der Waals surface area contributed by atoms with Crippen molar-refractivity contribution in [3.63, 3.8) is 0 Å². The zero-order chi connectivity index (χ0) is 14.3. The molecule has 2 nitrogen and oxygen atoms in total. The number of nitrogens with zero attached hydrogens (tertiary/aromatic N) is 1. The molecule has 1 aromatic heterocycles. The Labute approximate surface area is 140 Å². The van der Waals surface area contributed by atoms with Crippen LogP contribution in [0.15, 0.2) is 15.9 Å². The van der Waals surface area contributed by atoms with Gasteiger partial charge in [-0.1, -0.05) is 19.3 Å². The van der Waals surface area contributed by atoms with Gasteiger partial charge in [0.15, 0.2) is 0 Å². The van der Waals surface area contributed by atoms with Crippen LogP contribution in [-0.2, 0) is 6.54 Å². The second-order valence-corrected chi connectivity index (χ2v) is 9.13. The van der Waals surface area contributed by atoms with Gasteiger partial charge in [0.2, 0.25) is 0 Å². The van der Waals surface area contributed by atoms with Gasteiger partial charge in [0, 0.05) is 45.9 Å². The molecule has 116 valence electrons. The Morgan fingerprint density at radius 1 is 1.29 bits per heavy atom. The summed E-state index contributed by atoms with van der Waals surface area (Å²) in [5.74, 6) is 0.962. The summed E-state index contributed by atoms with van der Waals surface area (Å²) in [5, 5.41) is 6.14. The van der Waals surface area contributed by atoms with Crippen LogP contribution < -0.4 is 5.32 Å². The highest BCUT2D eigenvalue weighted by molar-refractivity contribution is 9.10. The molecule has 1 saturated heterocycles. The summed E-state index contributed by atoms with van der Waals surface area (Å²) < 4.78 is 1.24. The Hall–Kier alpha value is 0.1000. The van der Waals surface area contributed by atoms with E-state index in [2.05, 4.69) is 37.6 Å². The first-order chi connectivity index (χ1) is 10.3. The van der Waals surface area contributed by atoms with Crippen molar-refractivity contribution < 1.29 is 0 Å². The first-order valence-electron chi connectivity index (χ1n) is 8.47. The van der Waals surface area contributed by atoms with E-state index in [0.29, 0.717) is 5.54 Å². The lowest BCUT2D eigenvalue weighted by Gasteiger charge is -2.52. The Morgan fingerprint density at radius 2 is 2.10 bits per heavy atom. The molecule has 2 aliphatic carbocycles. The SMILES string of the molecule is Brc1csc(CN2CC(C3CC3)NCC23CCCCC3)c1. The van der Waals surface area contributed by atoms with Crippen LogP contribution in [-0.4, -0.2) is 29.6 Å². The summed E-state index contributed by atoms with van der Waals surface area (Å²) >= 11 is 5.52. The third-order valence-corrected chi connectivity index (χ3v) is 7.41. The van der Waals surface area contributed by atoms with Crippen LogP contribution in [0.2, 0.25) is 0 Å². The second kappa shape index (κ2) is 5.95. The minimum atomic E-state index is 0.445. The van der Waals surface area contributed by atoms with Gasteiger partial charge in [-0.25, -0.2) is 0 Å². The van der Waals surface area contributed by atoms with E-state index in [1.165, 1.54) is 67.4 Å². The third-order valence-electron chi connectivity index (χ3n) is 5.72. The predicted molar refractivity (Wildman–Crippen MR) is 92.8 cm³/mol. The highest BCUT2D eigenvalue weighted by Gasteiger charge is 2.45. The summed E-state index contributed by atoms with van der Waals surface area (Å²) in [5.41, 5.74) is 0.445. The van der Waals surface area contributed by atoms with Gasteiger partial charge < -0.3 is 5.32 Å². The van der Waals surface area contributed by atoms with E-state index in [9.17, 15) is 0 Å². The molecule has 3 aliphatic rings. The third kappa shape index (κ3) is 3.10. The van der Waals surface area contributed by atoms with Crippen LogP contribution >= 0.6 is 27.3 Å². The molecule has 0 amide bonds. The summed E-state index contributed by atoms with van der Waals surface area (Å²) in [6.07, 6.45) is 9.95. The second-order valence-electron chi connectivity index (χ2n) is 7.22. The molecule has 2 saturated carbocycles. The van der Waals surface area contributed by atoms with Gasteiger partial charge in [-0.05, 0) is 53.6 Å². The summed E-state index contributed by atoms with van der Waals surface area (Å²) in [6, 6.07) is 3.07. The van der Waals surface area contributed by atoms with Crippen molar-refractivity contribution in [1.82, 2.24) is 10.2 Å². The molecule has 4 heteroatoms. The van der Waals surface area contributed by atoms with Gasteiger partial charge in [-0.15, -0.1) is 11.3 Å². The maximum Gasteiger partial charge on any atom is 0.0338 e. The molecule has 0 radical (unpaired) electrons. The maximum atomic E-state index is 3.92. The van der Waals surface area contributed by atoms with Crippen molar-refractivity contribution in [2.75, 3.05) is 13.1 Å². The van der Waals surface area contributed by atoms with Crippen molar-refractivity contribution in [3.8, 4) is 0 Å². The highest BCUT2D eigenvalue weighted by Crippen LogP contribution is 2.41. The monoisotopic (exact) mass is 368 g/mol. The molecule has 0 bridgehead atoms. The van der Waals surface area contributed by atoms with E-state index in [-0.39, 0.29) is 0 Å². The fourth-order valence-corrected chi connectivity index (χ4v) is 5.77. The molecule has 1 aliphatic heterocycles. The van der Waals surface area contributed by atoms with Gasteiger partial charge >= 0.3 is 0 Å². The zero-order valence-electron chi connectivity index (χ0n) is 12.6. The van der Waals surface area contributed by atoms with Crippen LogP contribution in [0.25, 0.3) is 0 Å². The maximum absolute atomic E-state index is 3.92. The molecule has 1 N–H and O–H groups in total. The number of hydrogen-bond donors (Lipinski definition) is 1. The minimum Gasteiger partial charge on any atom is -0.311 e. The van der Waals surface area contributed by atoms with Crippen LogP contribution in [0, 0.1) is 5.92 Å². The molecule has 21 heavy (non-hydrogen) atoms. The number of hydrogen-bond acceptors (Lipinski definition) is 3. The van der Waals surface area contributed by atoms with Crippen LogP contribution in [0.1, 0.15) is 49.8 Å². The smallest absolute Gasteiger partial charge is 0.0338 e. The van der Waals surface area contributed by atoms with Gasteiger partial charge in [-0.2, -0.15) is 0 Å². The standard InChI is InChI=1S/C17H25BrN2S/c18-14-8-15(21-11-14)9-20-10-16(13-4-5-13)19-12-17(20)6-2-1-3-7-17/h8,11,13,16,19H,1-7,9-10,12H2. The van der Waals surface area contributed by atoms with Crippen molar-refractivity contribution in [2.45, 2.75) is 63.1 Å². The van der Waals surface area contributed by atoms with Gasteiger partial charge in [0.1, 0.15) is 0 Å². The fraction of sp³-hybridized carbons (Fsp3) is 0.765. The zero-order valence-corrected chi connectivity index (χ0v) is 15.0. The summed E-state index contributed by atoms with van der Waals surface area (Å²) in [7, 11) is 0. The molecule has 4 rings (SSSR count). The lowest BCUT2D eigenvalue weighted by atomic mass is 9.78. The molecule has 1 unspecified atom stereocenters. The molecule has 0 aromatic carbocycles. The number of piperazine rings is 1. The van der Waals surface area contributed by atoms with Crippen molar-refractivity contribution in [1.29, 1.82) is 0 Å². The van der Waals surface area contributed by atoms with Crippen molar-refractivity contribution in [2.24, 2.45) is 5.92 Å². The molecular weight excluding hydrogens is 344 g/mol. The van der Waals surface area contributed by atoms with Gasteiger partial charge in [-0.3, -0.25) is 4.90 Å². The highest BCUT2D eigenvalue weighted by atomic mass is 79.9. The molecule has 2 heterocycles. The Kier molecular flexibility index (Phi) is 4.16. The molecule has 1 atom stereocenters. The minimum absolute atomic E-state index is 0.445. The predicted octanol–water partition coefficient (Wildman–Crippen LogP) is 4.40. The van der Waals surface area contributed by atoms with E-state index in [4.69, 9.17) is 0 Å². The topological polar surface area (TPSA) is 15.3 Å². The summed E-state index contributed by atoms with van der Waals surface area (Å²) in [4.78, 5) is 4.37. The van der Waals surface area contributed by atoms with E-state index in [0.717, 1.165) is 18.5 Å². The van der Waals surface area contributed by atoms with Gasteiger partial charge in [0.25, 0.3) is 0 Å². The van der Waals surface area contributed by atoms with Crippen LogP contribution in [0.3, 0.4) is 0 Å². The quantitative estimate of drug-likeness (QED) is 0.850. The molecule has 3 fully saturated rings. The normalized spacial score (nSPS) is 29.9. The fourth-order valence-electron chi connectivity index (χ4n) is 4.30. The first kappa shape index (κ1) is 14.7. The Bertz CT molecular complexity index is 491. The molecular formula is C17H25BrN2S. The van der Waals surface area contributed by atoms with E-state index in [1.54, 1.807) is 0 Å². The molecule has 1 spiro atoms. The lowest BCUT2D eigenvalue weighted by molar-refractivity contribution is 0.000430. The average molecular weight is 369 g/mol. The molecule has 1 aromatic rings. The number of thiophene rings is 1. The number of rotatable bonds is 3. The average Bonchev–Trinajstić information content (AvgIpc) is 3.26. The number of halogens is 1. The Morgan fingerprint density at radius 3 is 2.76 bits per heavy atom. The van der Waals surface area contributed by atoms with E-state index in [1.807, 2.05) is 11.3 Å². The van der Waals surface area contributed by atoms with Crippen LogP contribution in [0.4, 0.5) is 0 Å².